The Kier molecular flexibility index (Phi) is 4.15. The van der Waals surface area contributed by atoms with E-state index >= 15 is 0 Å². The summed E-state index contributed by atoms with van der Waals surface area (Å²) >= 11 is 4.12. The molecule has 0 unspecified atom stereocenters. The molecule has 2 N–H and O–H groups in total. The minimum absolute atomic E-state index is 0.0678. The maximum absolute atomic E-state index is 13.0. The molecule has 1 heterocycles. The summed E-state index contributed by atoms with van der Waals surface area (Å²) in [5, 5.41) is 12.1. The van der Waals surface area contributed by atoms with Crippen molar-refractivity contribution in [2.75, 3.05) is 5.32 Å². The Morgan fingerprint density at radius 1 is 1.45 bits per heavy atom. The Labute approximate surface area is 125 Å². The van der Waals surface area contributed by atoms with Gasteiger partial charge in [-0.05, 0) is 34.1 Å². The van der Waals surface area contributed by atoms with Crippen LogP contribution in [0.1, 0.15) is 27.1 Å². The predicted molar refractivity (Wildman–Crippen MR) is 76.5 cm³/mol. The van der Waals surface area contributed by atoms with E-state index in [0.717, 1.165) is 11.3 Å². The topological polar surface area (TPSA) is 79.3 Å². The Morgan fingerprint density at radius 3 is 2.65 bits per heavy atom. The molecule has 0 radical (unpaired) electrons. The molecular weight excluding hydrogens is 351 g/mol. The first-order valence-corrected chi connectivity index (χ1v) is 6.96. The zero-order valence-electron chi connectivity index (χ0n) is 10.1. The highest BCUT2D eigenvalue weighted by Gasteiger charge is 2.20. The number of carboxylic acids is 1. The van der Waals surface area contributed by atoms with Gasteiger partial charge in [0.25, 0.3) is 0 Å². The van der Waals surface area contributed by atoms with Crippen LogP contribution in [-0.4, -0.2) is 21.8 Å². The minimum atomic E-state index is -1.27. The Bertz CT molecular complexity index is 671. The second-order valence-electron chi connectivity index (χ2n) is 3.81. The molecule has 0 bridgehead atoms. The number of aromatic carboxylic acids is 1. The summed E-state index contributed by atoms with van der Waals surface area (Å²) in [5.41, 5.74) is 0.232. The maximum Gasteiger partial charge on any atom is 0.356 e. The summed E-state index contributed by atoms with van der Waals surface area (Å²) in [6.07, 6.45) is 0. The van der Waals surface area contributed by atoms with Gasteiger partial charge in [-0.3, -0.25) is 4.79 Å². The van der Waals surface area contributed by atoms with Crippen LogP contribution in [0.3, 0.4) is 0 Å². The molecule has 0 aliphatic rings. The minimum Gasteiger partial charge on any atom is -0.476 e. The summed E-state index contributed by atoms with van der Waals surface area (Å²) in [7, 11) is 0. The first-order valence-electron chi connectivity index (χ1n) is 5.35. The highest BCUT2D eigenvalue weighted by Crippen LogP contribution is 2.30. The summed E-state index contributed by atoms with van der Waals surface area (Å²) in [6, 6.07) is 4.00. The van der Waals surface area contributed by atoms with Gasteiger partial charge in [-0.2, -0.15) is 0 Å². The number of nitrogens with zero attached hydrogens (tertiary/aromatic N) is 1. The molecule has 2 rings (SSSR count). The number of halogens is 2. The Balaban J connectivity index is 2.37. The average molecular weight is 359 g/mol. The van der Waals surface area contributed by atoms with Crippen molar-refractivity contribution in [1.82, 2.24) is 4.98 Å². The number of hydrogen-bond acceptors (Lipinski definition) is 5. The number of thiazole rings is 1. The lowest BCUT2D eigenvalue weighted by atomic mass is 10.3. The van der Waals surface area contributed by atoms with E-state index in [9.17, 15) is 14.0 Å². The largest absolute Gasteiger partial charge is 0.476 e. The molecule has 0 saturated heterocycles. The van der Waals surface area contributed by atoms with E-state index in [-0.39, 0.29) is 21.5 Å². The third-order valence-electron chi connectivity index (χ3n) is 2.32. The van der Waals surface area contributed by atoms with Gasteiger partial charge >= 0.3 is 5.97 Å². The van der Waals surface area contributed by atoms with E-state index in [1.54, 1.807) is 0 Å². The number of benzene rings is 1. The first kappa shape index (κ1) is 14.6. The van der Waals surface area contributed by atoms with Gasteiger partial charge in [-0.25, -0.2) is 14.2 Å². The number of aromatic nitrogens is 1. The van der Waals surface area contributed by atoms with Crippen LogP contribution in [0.2, 0.25) is 0 Å². The fourth-order valence-corrected chi connectivity index (χ4v) is 2.78. The van der Waals surface area contributed by atoms with Gasteiger partial charge in [0.05, 0.1) is 5.69 Å². The standard InChI is InChI=1S/C12H8BrFN2O3S/c1-5(17)10-9(11(18)19)16-12(20-10)15-8-3-2-6(14)4-7(8)13/h2-4H,1H3,(H,15,16)(H,18,19). The van der Waals surface area contributed by atoms with Crippen molar-refractivity contribution in [3.63, 3.8) is 0 Å². The number of carboxylic acid groups (broad SMARTS) is 1. The summed E-state index contributed by atoms with van der Waals surface area (Å²) in [4.78, 5) is 26.3. The van der Waals surface area contributed by atoms with E-state index in [0.29, 0.717) is 10.2 Å². The number of carbonyl (C=O) groups excluding carboxylic acids is 1. The second-order valence-corrected chi connectivity index (χ2v) is 5.66. The number of Topliss-reactive ketones (excluding diaryl/α,β-unsaturated/α-hetero) is 1. The molecule has 8 heteroatoms. The van der Waals surface area contributed by atoms with E-state index in [2.05, 4.69) is 26.2 Å². The van der Waals surface area contributed by atoms with E-state index in [1.165, 1.54) is 25.1 Å². The molecule has 0 spiro atoms. The predicted octanol–water partition coefficient (Wildman–Crippen LogP) is 3.69. The zero-order valence-corrected chi connectivity index (χ0v) is 12.5. The summed E-state index contributed by atoms with van der Waals surface area (Å²) in [6.45, 7) is 1.28. The molecule has 0 fully saturated rings. The van der Waals surface area contributed by atoms with Crippen molar-refractivity contribution in [2.45, 2.75) is 6.92 Å². The highest BCUT2D eigenvalue weighted by molar-refractivity contribution is 9.10. The molecular formula is C12H8BrFN2O3S. The van der Waals surface area contributed by atoms with Crippen LogP contribution in [0, 0.1) is 5.82 Å². The quantitative estimate of drug-likeness (QED) is 0.814. The van der Waals surface area contributed by atoms with E-state index < -0.39 is 11.8 Å². The molecule has 0 saturated carbocycles. The first-order chi connectivity index (χ1) is 9.38. The van der Waals surface area contributed by atoms with Crippen LogP contribution >= 0.6 is 27.3 Å². The molecule has 0 aliphatic carbocycles. The fourth-order valence-electron chi connectivity index (χ4n) is 1.46. The highest BCUT2D eigenvalue weighted by atomic mass is 79.9. The third kappa shape index (κ3) is 3.02. The monoisotopic (exact) mass is 358 g/mol. The van der Waals surface area contributed by atoms with Gasteiger partial charge < -0.3 is 10.4 Å². The third-order valence-corrected chi connectivity index (χ3v) is 4.05. The smallest absolute Gasteiger partial charge is 0.356 e. The maximum atomic E-state index is 13.0. The second kappa shape index (κ2) is 5.68. The molecule has 0 aliphatic heterocycles. The molecule has 0 atom stereocenters. The van der Waals surface area contributed by atoms with Gasteiger partial charge in [0.2, 0.25) is 0 Å². The molecule has 2 aromatic rings. The molecule has 0 amide bonds. The molecule has 1 aromatic carbocycles. The van der Waals surface area contributed by atoms with Crippen molar-refractivity contribution in [3.05, 3.63) is 39.1 Å². The van der Waals surface area contributed by atoms with Crippen LogP contribution in [-0.2, 0) is 0 Å². The van der Waals surface area contributed by atoms with Crippen LogP contribution in [0.25, 0.3) is 0 Å². The zero-order chi connectivity index (χ0) is 14.9. The van der Waals surface area contributed by atoms with E-state index in [4.69, 9.17) is 5.11 Å². The fraction of sp³-hybridized carbons (Fsp3) is 0.0833. The van der Waals surface area contributed by atoms with Gasteiger partial charge in [-0.15, -0.1) is 0 Å². The van der Waals surface area contributed by atoms with Crippen molar-refractivity contribution in [2.24, 2.45) is 0 Å². The molecule has 1 aromatic heterocycles. The lowest BCUT2D eigenvalue weighted by molar-refractivity contribution is 0.0687. The van der Waals surface area contributed by atoms with Crippen LogP contribution in [0.15, 0.2) is 22.7 Å². The average Bonchev–Trinajstić information content (AvgIpc) is 2.77. The lowest BCUT2D eigenvalue weighted by Crippen LogP contribution is -2.03. The normalized spacial score (nSPS) is 10.3. The van der Waals surface area contributed by atoms with Gasteiger partial charge in [-0.1, -0.05) is 11.3 Å². The Morgan fingerprint density at radius 2 is 2.15 bits per heavy atom. The number of rotatable bonds is 4. The number of carbonyl (C=O) groups is 2. The SMILES string of the molecule is CC(=O)c1sc(Nc2ccc(F)cc2Br)nc1C(=O)O. The van der Waals surface area contributed by atoms with Crippen LogP contribution in [0.5, 0.6) is 0 Å². The van der Waals surface area contributed by atoms with Gasteiger partial charge in [0.1, 0.15) is 10.7 Å². The summed E-state index contributed by atoms with van der Waals surface area (Å²) in [5.74, 6) is -2.04. The van der Waals surface area contributed by atoms with E-state index in [1.807, 2.05) is 0 Å². The molecule has 5 nitrogen and oxygen atoms in total. The van der Waals surface area contributed by atoms with Gasteiger partial charge in [0, 0.05) is 11.4 Å². The number of nitrogens with one attached hydrogen (secondary N) is 1. The number of anilines is 2. The molecule has 104 valence electrons. The van der Waals surface area contributed by atoms with Crippen molar-refractivity contribution >= 4 is 49.8 Å². The summed E-state index contributed by atoms with van der Waals surface area (Å²) < 4.78 is 13.4. The number of hydrogen-bond donors (Lipinski definition) is 2. The van der Waals surface area contributed by atoms with Crippen molar-refractivity contribution in [3.8, 4) is 0 Å². The van der Waals surface area contributed by atoms with Crippen LogP contribution < -0.4 is 5.32 Å². The molecule has 20 heavy (non-hydrogen) atoms. The Hall–Kier alpha value is -1.80. The lowest BCUT2D eigenvalue weighted by Gasteiger charge is -2.04. The van der Waals surface area contributed by atoms with Crippen molar-refractivity contribution < 1.29 is 19.1 Å². The van der Waals surface area contributed by atoms with Gasteiger partial charge in [0.15, 0.2) is 16.6 Å². The number of ketones is 1. The van der Waals surface area contributed by atoms with Crippen LogP contribution in [0.4, 0.5) is 15.2 Å². The van der Waals surface area contributed by atoms with Crippen molar-refractivity contribution in [1.29, 1.82) is 0 Å².